The smallest absolute Gasteiger partial charge is 0.106 e. The number of hydrogen-bond donors (Lipinski definition) is 0. The molecule has 0 radical (unpaired) electrons. The van der Waals surface area contributed by atoms with Crippen LogP contribution in [-0.4, -0.2) is 12.6 Å². The van der Waals surface area contributed by atoms with Crippen LogP contribution < -0.4 is 5.06 Å². The first kappa shape index (κ1) is 10.2. The molecule has 2 nitrogen and oxygen atoms in total. The fourth-order valence-electron chi connectivity index (χ4n) is 1.62. The average Bonchev–Trinajstić information content (AvgIpc) is 2.30. The zero-order valence-electron chi connectivity index (χ0n) is 9.26. The molecule has 1 atom stereocenters. The first-order valence-electron chi connectivity index (χ1n) is 5.43. The van der Waals surface area contributed by atoms with Crippen molar-refractivity contribution in [3.8, 4) is 0 Å². The Bertz CT molecular complexity index is 332. The van der Waals surface area contributed by atoms with Crippen molar-refractivity contribution in [1.29, 1.82) is 0 Å². The van der Waals surface area contributed by atoms with Gasteiger partial charge in [0.05, 0.1) is 12.2 Å². The van der Waals surface area contributed by atoms with Crippen LogP contribution in [0.2, 0.25) is 0 Å². The Morgan fingerprint density at radius 2 is 2.00 bits per heavy atom. The van der Waals surface area contributed by atoms with Crippen molar-refractivity contribution >= 4 is 5.69 Å². The largest absolute Gasteiger partial charge is 0.265 e. The SMILES string of the molecule is CC(C)[C@@H]1C=CCN(c2ccccc2)O1. The second-order valence-corrected chi connectivity index (χ2v) is 4.14. The number of hydroxylamine groups is 1. The minimum Gasteiger partial charge on any atom is -0.265 e. The number of benzene rings is 1. The zero-order valence-corrected chi connectivity index (χ0v) is 9.26. The maximum atomic E-state index is 5.88. The second kappa shape index (κ2) is 4.49. The molecule has 2 heteroatoms. The van der Waals surface area contributed by atoms with Gasteiger partial charge in [-0.05, 0) is 18.1 Å². The van der Waals surface area contributed by atoms with Gasteiger partial charge in [-0.15, -0.1) is 0 Å². The van der Waals surface area contributed by atoms with Crippen LogP contribution in [-0.2, 0) is 4.84 Å². The summed E-state index contributed by atoms with van der Waals surface area (Å²) in [5.41, 5.74) is 1.12. The normalized spacial score (nSPS) is 21.0. The van der Waals surface area contributed by atoms with Crippen molar-refractivity contribution in [2.24, 2.45) is 5.92 Å². The number of para-hydroxylation sites is 1. The summed E-state index contributed by atoms with van der Waals surface area (Å²) >= 11 is 0. The highest BCUT2D eigenvalue weighted by atomic mass is 16.7. The minimum absolute atomic E-state index is 0.193. The highest BCUT2D eigenvalue weighted by Crippen LogP contribution is 2.21. The van der Waals surface area contributed by atoms with Gasteiger partial charge >= 0.3 is 0 Å². The van der Waals surface area contributed by atoms with Crippen LogP contribution in [0.3, 0.4) is 0 Å². The van der Waals surface area contributed by atoms with E-state index in [4.69, 9.17) is 4.84 Å². The average molecular weight is 203 g/mol. The van der Waals surface area contributed by atoms with Crippen LogP contribution in [0.1, 0.15) is 13.8 Å². The Balaban J connectivity index is 2.10. The fourth-order valence-corrected chi connectivity index (χ4v) is 1.62. The van der Waals surface area contributed by atoms with Gasteiger partial charge in [0.1, 0.15) is 6.10 Å². The molecule has 15 heavy (non-hydrogen) atoms. The lowest BCUT2D eigenvalue weighted by atomic mass is 10.1. The van der Waals surface area contributed by atoms with Crippen molar-refractivity contribution < 1.29 is 4.84 Å². The molecule has 0 unspecified atom stereocenters. The van der Waals surface area contributed by atoms with Crippen LogP contribution in [0, 0.1) is 5.92 Å². The predicted molar refractivity (Wildman–Crippen MR) is 62.6 cm³/mol. The Morgan fingerprint density at radius 3 is 2.67 bits per heavy atom. The Morgan fingerprint density at radius 1 is 1.27 bits per heavy atom. The Labute approximate surface area is 91.1 Å². The molecule has 0 amide bonds. The maximum absolute atomic E-state index is 5.88. The van der Waals surface area contributed by atoms with Gasteiger partial charge in [-0.2, -0.15) is 0 Å². The van der Waals surface area contributed by atoms with E-state index >= 15 is 0 Å². The van der Waals surface area contributed by atoms with Crippen molar-refractivity contribution in [3.63, 3.8) is 0 Å². The lowest BCUT2D eigenvalue weighted by Gasteiger charge is -2.31. The van der Waals surface area contributed by atoms with Crippen molar-refractivity contribution in [1.82, 2.24) is 0 Å². The molecule has 0 aliphatic carbocycles. The van der Waals surface area contributed by atoms with Gasteiger partial charge < -0.3 is 0 Å². The number of hydrogen-bond acceptors (Lipinski definition) is 2. The monoisotopic (exact) mass is 203 g/mol. The molecule has 0 saturated carbocycles. The van der Waals surface area contributed by atoms with Crippen molar-refractivity contribution in [2.45, 2.75) is 20.0 Å². The molecule has 0 fully saturated rings. The molecule has 0 N–H and O–H groups in total. The summed E-state index contributed by atoms with van der Waals surface area (Å²) in [6.45, 7) is 5.17. The molecule has 0 saturated heterocycles. The summed E-state index contributed by atoms with van der Waals surface area (Å²) in [6.07, 6.45) is 4.50. The van der Waals surface area contributed by atoms with E-state index in [0.717, 1.165) is 12.2 Å². The molecule has 1 aromatic carbocycles. The highest BCUT2D eigenvalue weighted by molar-refractivity contribution is 5.44. The van der Waals surface area contributed by atoms with Gasteiger partial charge in [0.2, 0.25) is 0 Å². The van der Waals surface area contributed by atoms with Crippen LogP contribution in [0.5, 0.6) is 0 Å². The highest BCUT2D eigenvalue weighted by Gasteiger charge is 2.19. The van der Waals surface area contributed by atoms with Crippen LogP contribution in [0.25, 0.3) is 0 Å². The van der Waals surface area contributed by atoms with Gasteiger partial charge in [0.25, 0.3) is 0 Å². The third kappa shape index (κ3) is 2.39. The van der Waals surface area contributed by atoms with E-state index < -0.39 is 0 Å². The Kier molecular flexibility index (Phi) is 3.07. The van der Waals surface area contributed by atoms with E-state index in [2.05, 4.69) is 38.1 Å². The molecule has 0 bridgehead atoms. The number of rotatable bonds is 2. The molecule has 0 aromatic heterocycles. The zero-order chi connectivity index (χ0) is 10.7. The van der Waals surface area contributed by atoms with E-state index in [0.29, 0.717) is 5.92 Å². The summed E-state index contributed by atoms with van der Waals surface area (Å²) in [6, 6.07) is 10.2. The summed E-state index contributed by atoms with van der Waals surface area (Å²) < 4.78 is 0. The van der Waals surface area contributed by atoms with Crippen LogP contribution in [0.4, 0.5) is 5.69 Å². The summed E-state index contributed by atoms with van der Waals surface area (Å²) in [5, 5.41) is 1.95. The quantitative estimate of drug-likeness (QED) is 0.685. The summed E-state index contributed by atoms with van der Waals surface area (Å²) in [4.78, 5) is 5.88. The molecule has 1 aliphatic rings. The summed E-state index contributed by atoms with van der Waals surface area (Å²) in [7, 11) is 0. The van der Waals surface area contributed by atoms with Gasteiger partial charge in [-0.25, -0.2) is 5.06 Å². The van der Waals surface area contributed by atoms with E-state index in [1.807, 2.05) is 23.3 Å². The number of anilines is 1. The second-order valence-electron chi connectivity index (χ2n) is 4.14. The lowest BCUT2D eigenvalue weighted by molar-refractivity contribution is 0.0314. The first-order chi connectivity index (χ1) is 7.27. The molecular formula is C13H17NO. The molecule has 1 aliphatic heterocycles. The summed E-state index contributed by atoms with van der Waals surface area (Å²) in [5.74, 6) is 0.507. The molecule has 1 heterocycles. The van der Waals surface area contributed by atoms with Crippen molar-refractivity contribution in [2.75, 3.05) is 11.6 Å². The lowest BCUT2D eigenvalue weighted by Crippen LogP contribution is -2.35. The number of nitrogens with zero attached hydrogens (tertiary/aromatic N) is 1. The fraction of sp³-hybridized carbons (Fsp3) is 0.385. The molecule has 2 rings (SSSR count). The van der Waals surface area contributed by atoms with Gasteiger partial charge in [-0.3, -0.25) is 4.84 Å². The predicted octanol–water partition coefficient (Wildman–Crippen LogP) is 3.02. The molecule has 80 valence electrons. The molecule has 0 spiro atoms. The van der Waals surface area contributed by atoms with E-state index in [1.54, 1.807) is 0 Å². The first-order valence-corrected chi connectivity index (χ1v) is 5.43. The Hall–Kier alpha value is -1.28. The van der Waals surface area contributed by atoms with Crippen molar-refractivity contribution in [3.05, 3.63) is 42.5 Å². The molecule has 1 aromatic rings. The van der Waals surface area contributed by atoms with Gasteiger partial charge in [0.15, 0.2) is 0 Å². The van der Waals surface area contributed by atoms with E-state index in [9.17, 15) is 0 Å². The maximum Gasteiger partial charge on any atom is 0.106 e. The van der Waals surface area contributed by atoms with Gasteiger partial charge in [0, 0.05) is 0 Å². The van der Waals surface area contributed by atoms with Crippen LogP contribution >= 0.6 is 0 Å². The standard InChI is InChI=1S/C13H17NO/c1-11(2)13-9-6-10-14(15-13)12-7-4-3-5-8-12/h3-9,11,13H,10H2,1-2H3/t13-/m0/s1. The third-order valence-corrected chi connectivity index (χ3v) is 2.55. The third-order valence-electron chi connectivity index (χ3n) is 2.55. The minimum atomic E-state index is 0.193. The van der Waals surface area contributed by atoms with E-state index in [1.165, 1.54) is 0 Å². The molecular weight excluding hydrogens is 186 g/mol. The topological polar surface area (TPSA) is 12.5 Å². The van der Waals surface area contributed by atoms with Gasteiger partial charge in [-0.1, -0.05) is 44.2 Å². The van der Waals surface area contributed by atoms with E-state index in [-0.39, 0.29) is 6.10 Å². The van der Waals surface area contributed by atoms with Crippen LogP contribution in [0.15, 0.2) is 42.5 Å².